The Balaban J connectivity index is 2.33. The Hall–Kier alpha value is -1.16. The Morgan fingerprint density at radius 1 is 1.53 bits per heavy atom. The van der Waals surface area contributed by atoms with Gasteiger partial charge in [0.15, 0.2) is 0 Å². The summed E-state index contributed by atoms with van der Waals surface area (Å²) in [5.41, 5.74) is 8.75. The minimum Gasteiger partial charge on any atom is -0.384 e. The summed E-state index contributed by atoms with van der Waals surface area (Å²) < 4.78 is 0. The molecular formula is C13H19N3S. The average Bonchev–Trinajstić information content (AvgIpc) is 2.81. The lowest BCUT2D eigenvalue weighted by Gasteiger charge is -2.28. The Bertz CT molecular complexity index is 425. The van der Waals surface area contributed by atoms with Gasteiger partial charge in [0.05, 0.1) is 0 Å². The maximum Gasteiger partial charge on any atom is 0.124 e. The average molecular weight is 249 g/mol. The highest BCUT2D eigenvalue weighted by molar-refractivity contribution is 7.99. The summed E-state index contributed by atoms with van der Waals surface area (Å²) in [6.07, 6.45) is 1.21. The Kier molecular flexibility index (Phi) is 3.62. The summed E-state index contributed by atoms with van der Waals surface area (Å²) in [7, 11) is 2.10. The largest absolute Gasteiger partial charge is 0.384 e. The molecule has 0 aromatic heterocycles. The molecule has 4 heteroatoms. The number of anilines is 1. The molecule has 1 aromatic rings. The molecule has 3 N–H and O–H groups in total. The van der Waals surface area contributed by atoms with Gasteiger partial charge in [-0.2, -0.15) is 11.8 Å². The van der Waals surface area contributed by atoms with Crippen LogP contribution in [0, 0.1) is 12.3 Å². The molecule has 0 spiro atoms. The van der Waals surface area contributed by atoms with Gasteiger partial charge in [0.1, 0.15) is 5.84 Å². The number of nitrogens with zero attached hydrogens (tertiary/aromatic N) is 1. The van der Waals surface area contributed by atoms with Crippen molar-refractivity contribution in [3.63, 3.8) is 0 Å². The van der Waals surface area contributed by atoms with Crippen LogP contribution in [0.15, 0.2) is 18.2 Å². The molecule has 1 aliphatic heterocycles. The van der Waals surface area contributed by atoms with E-state index in [9.17, 15) is 0 Å². The summed E-state index contributed by atoms with van der Waals surface area (Å²) in [5.74, 6) is 2.55. The highest BCUT2D eigenvalue weighted by Crippen LogP contribution is 2.28. The Morgan fingerprint density at radius 2 is 2.29 bits per heavy atom. The number of rotatable bonds is 3. The summed E-state index contributed by atoms with van der Waals surface area (Å²) in [4.78, 5) is 2.27. The molecule has 2 rings (SSSR count). The van der Waals surface area contributed by atoms with Gasteiger partial charge in [-0.05, 0) is 31.2 Å². The van der Waals surface area contributed by atoms with E-state index in [1.807, 2.05) is 24.8 Å². The first-order chi connectivity index (χ1) is 8.09. The number of hydrogen-bond acceptors (Lipinski definition) is 3. The van der Waals surface area contributed by atoms with Crippen molar-refractivity contribution in [3.8, 4) is 0 Å². The van der Waals surface area contributed by atoms with Gasteiger partial charge < -0.3 is 10.6 Å². The van der Waals surface area contributed by atoms with Crippen molar-refractivity contribution in [2.24, 2.45) is 5.73 Å². The lowest BCUT2D eigenvalue weighted by atomic mass is 10.1. The second kappa shape index (κ2) is 5.00. The van der Waals surface area contributed by atoms with E-state index in [0.717, 1.165) is 16.8 Å². The van der Waals surface area contributed by atoms with Crippen molar-refractivity contribution in [3.05, 3.63) is 29.3 Å². The number of nitrogens with one attached hydrogen (secondary N) is 1. The van der Waals surface area contributed by atoms with E-state index in [2.05, 4.69) is 24.1 Å². The molecule has 1 heterocycles. The standard InChI is InChI=1S/C13H19N3S/c1-9-3-4-12(11(7-9)13(14)15)16(2)10-5-6-17-8-10/h3-4,7,10H,5-6,8H2,1-2H3,(H3,14,15). The topological polar surface area (TPSA) is 53.1 Å². The molecule has 1 atom stereocenters. The summed E-state index contributed by atoms with van der Waals surface area (Å²) in [6.45, 7) is 2.03. The molecule has 0 radical (unpaired) electrons. The predicted octanol–water partition coefficient (Wildman–Crippen LogP) is 2.22. The summed E-state index contributed by atoms with van der Waals surface area (Å²) in [5, 5.41) is 7.68. The fourth-order valence-corrected chi connectivity index (χ4v) is 3.47. The second-order valence-corrected chi connectivity index (χ2v) is 5.71. The molecule has 0 saturated carbocycles. The van der Waals surface area contributed by atoms with Gasteiger partial charge in [-0.15, -0.1) is 0 Å². The van der Waals surface area contributed by atoms with E-state index in [1.54, 1.807) is 0 Å². The van der Waals surface area contributed by atoms with E-state index in [1.165, 1.54) is 17.9 Å². The fourth-order valence-electron chi connectivity index (χ4n) is 2.20. The number of benzene rings is 1. The fraction of sp³-hybridized carbons (Fsp3) is 0.462. The van der Waals surface area contributed by atoms with Crippen molar-refractivity contribution in [2.75, 3.05) is 23.5 Å². The predicted molar refractivity (Wildman–Crippen MR) is 76.3 cm³/mol. The van der Waals surface area contributed by atoms with E-state index in [-0.39, 0.29) is 5.84 Å². The van der Waals surface area contributed by atoms with Gasteiger partial charge in [0.25, 0.3) is 0 Å². The van der Waals surface area contributed by atoms with Crippen LogP contribution in [0.3, 0.4) is 0 Å². The van der Waals surface area contributed by atoms with Crippen molar-refractivity contribution in [1.82, 2.24) is 0 Å². The molecule has 1 aromatic carbocycles. The Morgan fingerprint density at radius 3 is 2.88 bits per heavy atom. The zero-order valence-corrected chi connectivity index (χ0v) is 11.2. The van der Waals surface area contributed by atoms with Crippen LogP contribution in [-0.2, 0) is 0 Å². The monoisotopic (exact) mass is 249 g/mol. The van der Waals surface area contributed by atoms with Crippen LogP contribution in [-0.4, -0.2) is 30.4 Å². The number of hydrogen-bond donors (Lipinski definition) is 2. The van der Waals surface area contributed by atoms with Crippen LogP contribution < -0.4 is 10.6 Å². The van der Waals surface area contributed by atoms with Gasteiger partial charge in [0, 0.05) is 30.1 Å². The van der Waals surface area contributed by atoms with Crippen molar-refractivity contribution >= 4 is 23.3 Å². The van der Waals surface area contributed by atoms with Gasteiger partial charge in [-0.1, -0.05) is 11.6 Å². The molecule has 1 fully saturated rings. The van der Waals surface area contributed by atoms with E-state index >= 15 is 0 Å². The molecule has 1 aliphatic rings. The number of nitrogens with two attached hydrogens (primary N) is 1. The SMILES string of the molecule is Cc1ccc(N(C)C2CCSC2)c(C(=N)N)c1. The first kappa shape index (κ1) is 12.3. The third-order valence-corrected chi connectivity index (χ3v) is 4.42. The lowest BCUT2D eigenvalue weighted by Crippen LogP contribution is -2.33. The Labute approximate surface area is 107 Å². The van der Waals surface area contributed by atoms with Gasteiger partial charge in [-0.25, -0.2) is 0 Å². The molecule has 1 saturated heterocycles. The molecule has 0 amide bonds. The van der Waals surface area contributed by atoms with E-state index in [0.29, 0.717) is 6.04 Å². The zero-order valence-electron chi connectivity index (χ0n) is 10.4. The minimum atomic E-state index is 0.154. The number of nitrogen functional groups attached to an aromatic ring is 1. The molecule has 17 heavy (non-hydrogen) atoms. The van der Waals surface area contributed by atoms with Crippen LogP contribution in [0.5, 0.6) is 0 Å². The highest BCUT2D eigenvalue weighted by Gasteiger charge is 2.22. The van der Waals surface area contributed by atoms with E-state index in [4.69, 9.17) is 11.1 Å². The quantitative estimate of drug-likeness (QED) is 0.638. The first-order valence-corrected chi connectivity index (χ1v) is 7.00. The maximum atomic E-state index is 7.68. The normalized spacial score (nSPS) is 19.3. The second-order valence-electron chi connectivity index (χ2n) is 4.56. The van der Waals surface area contributed by atoms with Crippen LogP contribution in [0.4, 0.5) is 5.69 Å². The molecular weight excluding hydrogens is 230 g/mol. The molecule has 3 nitrogen and oxygen atoms in total. The molecule has 1 unspecified atom stereocenters. The minimum absolute atomic E-state index is 0.154. The smallest absolute Gasteiger partial charge is 0.124 e. The third kappa shape index (κ3) is 2.57. The zero-order chi connectivity index (χ0) is 12.4. The summed E-state index contributed by atoms with van der Waals surface area (Å²) >= 11 is 2.00. The van der Waals surface area contributed by atoms with Crippen LogP contribution >= 0.6 is 11.8 Å². The van der Waals surface area contributed by atoms with Gasteiger partial charge in [0.2, 0.25) is 0 Å². The lowest BCUT2D eigenvalue weighted by molar-refractivity contribution is 0.699. The third-order valence-electron chi connectivity index (χ3n) is 3.28. The highest BCUT2D eigenvalue weighted by atomic mass is 32.2. The van der Waals surface area contributed by atoms with Gasteiger partial charge in [-0.3, -0.25) is 5.41 Å². The first-order valence-electron chi connectivity index (χ1n) is 5.85. The number of aryl methyl sites for hydroxylation is 1. The van der Waals surface area contributed by atoms with Gasteiger partial charge >= 0.3 is 0 Å². The van der Waals surface area contributed by atoms with Crippen molar-refractivity contribution < 1.29 is 0 Å². The molecule has 0 bridgehead atoms. The maximum absolute atomic E-state index is 7.68. The van der Waals surface area contributed by atoms with Crippen molar-refractivity contribution in [1.29, 1.82) is 5.41 Å². The van der Waals surface area contributed by atoms with Crippen LogP contribution in [0.25, 0.3) is 0 Å². The van der Waals surface area contributed by atoms with Crippen LogP contribution in [0.2, 0.25) is 0 Å². The van der Waals surface area contributed by atoms with Crippen LogP contribution in [0.1, 0.15) is 17.5 Å². The summed E-state index contributed by atoms with van der Waals surface area (Å²) in [6, 6.07) is 6.73. The number of amidine groups is 1. The van der Waals surface area contributed by atoms with Crippen molar-refractivity contribution in [2.45, 2.75) is 19.4 Å². The number of thioether (sulfide) groups is 1. The molecule has 92 valence electrons. The molecule has 0 aliphatic carbocycles. The van der Waals surface area contributed by atoms with E-state index < -0.39 is 0 Å².